The van der Waals surface area contributed by atoms with Gasteiger partial charge in [-0.15, -0.1) is 0 Å². The summed E-state index contributed by atoms with van der Waals surface area (Å²) in [6.45, 7) is 0.542. The Labute approximate surface area is 183 Å². The third-order valence-electron chi connectivity index (χ3n) is 5.07. The van der Waals surface area contributed by atoms with Crippen LogP contribution in [0.5, 0.6) is 5.75 Å². The van der Waals surface area contributed by atoms with Crippen molar-refractivity contribution in [2.24, 2.45) is 0 Å². The minimum absolute atomic E-state index is 0.165. The van der Waals surface area contributed by atoms with Crippen LogP contribution in [-0.2, 0) is 16.0 Å². The lowest BCUT2D eigenvalue weighted by Crippen LogP contribution is -2.11. The maximum Gasteiger partial charge on any atom is 0.343 e. The van der Waals surface area contributed by atoms with Crippen molar-refractivity contribution in [2.45, 2.75) is 13.0 Å². The van der Waals surface area contributed by atoms with Crippen molar-refractivity contribution in [1.82, 2.24) is 14.5 Å². The molecule has 2 heterocycles. The fourth-order valence-corrected chi connectivity index (χ4v) is 3.44. The van der Waals surface area contributed by atoms with E-state index >= 15 is 0 Å². The number of esters is 2. The number of para-hydroxylation sites is 2. The molecule has 9 nitrogen and oxygen atoms in total. The summed E-state index contributed by atoms with van der Waals surface area (Å²) in [6, 6.07) is 14.0. The van der Waals surface area contributed by atoms with Gasteiger partial charge in [-0.2, -0.15) is 0 Å². The molecule has 4 aromatic rings. The Morgan fingerprint density at radius 3 is 2.31 bits per heavy atom. The number of aryl methyl sites for hydroxylation is 1. The van der Waals surface area contributed by atoms with Gasteiger partial charge in [-0.1, -0.05) is 12.1 Å². The second-order valence-electron chi connectivity index (χ2n) is 7.01. The number of hydrogen-bond donors (Lipinski definition) is 1. The van der Waals surface area contributed by atoms with Gasteiger partial charge in [-0.3, -0.25) is 0 Å². The standard InChI is InChI=1S/C23H22N4O5/c1-30-15-10-8-14(9-11-15)22(28)32-13-5-12-27-20(24)18(23(29)31-2)19-21(27)26-17-7-4-3-6-16(17)25-19/h3-4,6-11H,5,12-13,24H2,1-2H3. The van der Waals surface area contributed by atoms with E-state index in [2.05, 4.69) is 9.97 Å². The van der Waals surface area contributed by atoms with Crippen LogP contribution in [0.3, 0.4) is 0 Å². The average Bonchev–Trinajstić information content (AvgIpc) is 3.09. The molecule has 2 aromatic carbocycles. The van der Waals surface area contributed by atoms with Crippen LogP contribution in [0, 0.1) is 0 Å². The Morgan fingerprint density at radius 2 is 1.66 bits per heavy atom. The molecule has 2 aromatic heterocycles. The summed E-state index contributed by atoms with van der Waals surface area (Å²) in [4.78, 5) is 33.8. The van der Waals surface area contributed by atoms with E-state index in [1.807, 2.05) is 24.3 Å². The maximum absolute atomic E-state index is 12.4. The highest BCUT2D eigenvalue weighted by Crippen LogP contribution is 2.28. The van der Waals surface area contributed by atoms with Crippen LogP contribution in [-0.4, -0.2) is 47.3 Å². The van der Waals surface area contributed by atoms with Gasteiger partial charge in [-0.05, 0) is 42.8 Å². The summed E-state index contributed by atoms with van der Waals surface area (Å²) in [5, 5.41) is 0. The molecule has 0 aliphatic heterocycles. The second kappa shape index (κ2) is 8.93. The highest BCUT2D eigenvalue weighted by molar-refractivity contribution is 6.08. The Bertz CT molecular complexity index is 1300. The number of fused-ring (bicyclic) bond motifs is 2. The largest absolute Gasteiger partial charge is 0.497 e. The second-order valence-corrected chi connectivity index (χ2v) is 7.01. The lowest BCUT2D eigenvalue weighted by atomic mass is 10.2. The number of carbonyl (C=O) groups is 2. The van der Waals surface area contributed by atoms with Crippen LogP contribution in [0.15, 0.2) is 48.5 Å². The summed E-state index contributed by atoms with van der Waals surface area (Å²) in [7, 11) is 2.85. The van der Waals surface area contributed by atoms with Crippen molar-refractivity contribution in [3.05, 3.63) is 59.7 Å². The van der Waals surface area contributed by atoms with Crippen LogP contribution < -0.4 is 10.5 Å². The van der Waals surface area contributed by atoms with Crippen LogP contribution in [0.2, 0.25) is 0 Å². The zero-order chi connectivity index (χ0) is 22.7. The molecule has 0 aliphatic rings. The number of hydrogen-bond acceptors (Lipinski definition) is 8. The molecular formula is C23H22N4O5. The summed E-state index contributed by atoms with van der Waals surface area (Å²) >= 11 is 0. The number of rotatable bonds is 7. The first-order valence-corrected chi connectivity index (χ1v) is 9.97. The summed E-state index contributed by atoms with van der Waals surface area (Å²) < 4.78 is 17.0. The molecule has 0 unspecified atom stereocenters. The van der Waals surface area contributed by atoms with Gasteiger partial charge >= 0.3 is 11.9 Å². The van der Waals surface area contributed by atoms with Crippen molar-refractivity contribution in [3.63, 3.8) is 0 Å². The minimum atomic E-state index is -0.582. The van der Waals surface area contributed by atoms with Gasteiger partial charge in [0.15, 0.2) is 5.65 Å². The van der Waals surface area contributed by atoms with Crippen molar-refractivity contribution in [2.75, 3.05) is 26.6 Å². The van der Waals surface area contributed by atoms with Crippen LogP contribution in [0.1, 0.15) is 27.1 Å². The predicted octanol–water partition coefficient (Wildman–Crippen LogP) is 3.21. The summed E-state index contributed by atoms with van der Waals surface area (Å²) in [6.07, 6.45) is 0.463. The highest BCUT2D eigenvalue weighted by atomic mass is 16.5. The molecule has 0 atom stereocenters. The van der Waals surface area contributed by atoms with E-state index in [0.29, 0.717) is 46.5 Å². The van der Waals surface area contributed by atoms with E-state index in [4.69, 9.17) is 19.9 Å². The van der Waals surface area contributed by atoms with Gasteiger partial charge in [0.2, 0.25) is 0 Å². The highest BCUT2D eigenvalue weighted by Gasteiger charge is 2.24. The summed E-state index contributed by atoms with van der Waals surface area (Å²) in [5.74, 6) is -0.143. The molecule has 0 bridgehead atoms. The zero-order valence-corrected chi connectivity index (χ0v) is 17.7. The Morgan fingerprint density at radius 1 is 0.969 bits per heavy atom. The molecule has 0 amide bonds. The number of nitrogens with two attached hydrogens (primary N) is 1. The van der Waals surface area contributed by atoms with Gasteiger partial charge < -0.3 is 24.5 Å². The van der Waals surface area contributed by atoms with E-state index < -0.39 is 11.9 Å². The van der Waals surface area contributed by atoms with Gasteiger partial charge in [0.25, 0.3) is 0 Å². The normalized spacial score (nSPS) is 10.9. The third kappa shape index (κ3) is 3.92. The van der Waals surface area contributed by atoms with E-state index in [-0.39, 0.29) is 18.0 Å². The van der Waals surface area contributed by atoms with Crippen LogP contribution in [0.4, 0.5) is 5.82 Å². The topological polar surface area (TPSA) is 119 Å². The molecule has 164 valence electrons. The first kappa shape index (κ1) is 21.1. The minimum Gasteiger partial charge on any atom is -0.497 e. The molecule has 0 radical (unpaired) electrons. The van der Waals surface area contributed by atoms with E-state index in [1.165, 1.54) is 7.11 Å². The van der Waals surface area contributed by atoms with Crippen LogP contribution in [0.25, 0.3) is 22.2 Å². The molecule has 0 aliphatic carbocycles. The van der Waals surface area contributed by atoms with Gasteiger partial charge in [0, 0.05) is 6.54 Å². The molecule has 0 saturated carbocycles. The lowest BCUT2D eigenvalue weighted by molar-refractivity contribution is 0.0496. The number of ether oxygens (including phenoxy) is 3. The van der Waals surface area contributed by atoms with Crippen molar-refractivity contribution < 1.29 is 23.8 Å². The molecule has 9 heteroatoms. The van der Waals surface area contributed by atoms with Crippen LogP contribution >= 0.6 is 0 Å². The summed E-state index contributed by atoms with van der Waals surface area (Å²) in [5.41, 5.74) is 9.07. The Hall–Kier alpha value is -4.14. The fourth-order valence-electron chi connectivity index (χ4n) is 3.44. The molecular weight excluding hydrogens is 412 g/mol. The number of aromatic nitrogens is 3. The molecule has 2 N–H and O–H groups in total. The molecule has 0 fully saturated rings. The fraction of sp³-hybridized carbons (Fsp3) is 0.217. The number of carbonyl (C=O) groups excluding carboxylic acids is 2. The molecule has 32 heavy (non-hydrogen) atoms. The zero-order valence-electron chi connectivity index (χ0n) is 17.7. The van der Waals surface area contributed by atoms with E-state index in [1.54, 1.807) is 35.9 Å². The monoisotopic (exact) mass is 434 g/mol. The first-order valence-electron chi connectivity index (χ1n) is 9.97. The van der Waals surface area contributed by atoms with Gasteiger partial charge in [0.1, 0.15) is 22.6 Å². The number of nitrogen functional groups attached to an aromatic ring is 1. The van der Waals surface area contributed by atoms with Gasteiger partial charge in [0.05, 0.1) is 37.4 Å². The molecule has 0 saturated heterocycles. The molecule has 4 rings (SSSR count). The first-order chi connectivity index (χ1) is 15.5. The number of benzene rings is 2. The average molecular weight is 434 g/mol. The lowest BCUT2D eigenvalue weighted by Gasteiger charge is -2.09. The van der Waals surface area contributed by atoms with Crippen molar-refractivity contribution >= 4 is 40.0 Å². The maximum atomic E-state index is 12.4. The van der Waals surface area contributed by atoms with E-state index in [0.717, 1.165) is 0 Å². The third-order valence-corrected chi connectivity index (χ3v) is 5.07. The number of nitrogens with zero attached hydrogens (tertiary/aromatic N) is 3. The SMILES string of the molecule is COC(=O)c1c(N)n(CCCOC(=O)c2ccc(OC)cc2)c2nc3ccccc3nc12. The quantitative estimate of drug-likeness (QED) is 0.348. The smallest absolute Gasteiger partial charge is 0.343 e. The van der Waals surface area contributed by atoms with Crippen molar-refractivity contribution in [1.29, 1.82) is 0 Å². The number of methoxy groups -OCH3 is 2. The Kier molecular flexibility index (Phi) is 5.89. The molecule has 0 spiro atoms. The van der Waals surface area contributed by atoms with Gasteiger partial charge in [-0.25, -0.2) is 19.6 Å². The number of anilines is 1. The van der Waals surface area contributed by atoms with E-state index in [9.17, 15) is 9.59 Å². The predicted molar refractivity (Wildman–Crippen MR) is 119 cm³/mol. The Balaban J connectivity index is 1.54. The van der Waals surface area contributed by atoms with Crippen molar-refractivity contribution in [3.8, 4) is 5.75 Å².